The molecular weight excluding hydrogens is 214 g/mol. The van der Waals surface area contributed by atoms with Gasteiger partial charge in [-0.3, -0.25) is 9.88 Å². The lowest BCUT2D eigenvalue weighted by Crippen LogP contribution is -2.46. The van der Waals surface area contributed by atoms with E-state index in [1.807, 2.05) is 19.4 Å². The smallest absolute Gasteiger partial charge is 0.0826 e. The Morgan fingerprint density at radius 1 is 1.47 bits per heavy atom. The standard InChI is InChI=1S/C13H21N3O/c1-14-10-13-11-16(8-9-17-13)7-4-12-2-5-15-6-3-12/h2-3,5-6,13-14H,4,7-11H2,1H3. The van der Waals surface area contributed by atoms with E-state index in [9.17, 15) is 0 Å². The van der Waals surface area contributed by atoms with Crippen molar-refractivity contribution in [3.8, 4) is 0 Å². The van der Waals surface area contributed by atoms with Crippen LogP contribution in [0.4, 0.5) is 0 Å². The summed E-state index contributed by atoms with van der Waals surface area (Å²) in [7, 11) is 1.97. The van der Waals surface area contributed by atoms with Crippen LogP contribution in [0.25, 0.3) is 0 Å². The van der Waals surface area contributed by atoms with E-state index in [1.54, 1.807) is 0 Å². The van der Waals surface area contributed by atoms with Crippen LogP contribution in [-0.2, 0) is 11.2 Å². The third kappa shape index (κ3) is 4.07. The molecule has 1 atom stereocenters. The van der Waals surface area contributed by atoms with Gasteiger partial charge in [0, 0.05) is 38.6 Å². The van der Waals surface area contributed by atoms with Crippen LogP contribution in [0.15, 0.2) is 24.5 Å². The Hall–Kier alpha value is -0.970. The minimum Gasteiger partial charge on any atom is -0.374 e. The first-order chi connectivity index (χ1) is 8.38. The largest absolute Gasteiger partial charge is 0.374 e. The van der Waals surface area contributed by atoms with Crippen LogP contribution in [0.2, 0.25) is 0 Å². The first-order valence-corrected chi connectivity index (χ1v) is 6.26. The highest BCUT2D eigenvalue weighted by Crippen LogP contribution is 2.06. The monoisotopic (exact) mass is 235 g/mol. The first kappa shape index (κ1) is 12.5. The number of pyridine rings is 1. The summed E-state index contributed by atoms with van der Waals surface area (Å²) < 4.78 is 5.69. The summed E-state index contributed by atoms with van der Waals surface area (Å²) in [5.41, 5.74) is 1.36. The molecule has 1 saturated heterocycles. The number of hydrogen-bond acceptors (Lipinski definition) is 4. The number of likely N-dealkylation sites (N-methyl/N-ethyl adjacent to an activating group) is 1. The predicted octanol–water partition coefficient (Wildman–Crippen LogP) is 0.544. The molecule has 0 saturated carbocycles. The van der Waals surface area contributed by atoms with Gasteiger partial charge in [0.2, 0.25) is 0 Å². The maximum atomic E-state index is 5.69. The van der Waals surface area contributed by atoms with Gasteiger partial charge < -0.3 is 10.1 Å². The minimum absolute atomic E-state index is 0.339. The molecule has 0 amide bonds. The molecule has 1 aromatic heterocycles. The molecule has 17 heavy (non-hydrogen) atoms. The maximum Gasteiger partial charge on any atom is 0.0826 e. The lowest BCUT2D eigenvalue weighted by atomic mass is 10.2. The van der Waals surface area contributed by atoms with Crippen molar-refractivity contribution in [2.24, 2.45) is 0 Å². The molecule has 1 fully saturated rings. The average Bonchev–Trinajstić information content (AvgIpc) is 2.39. The molecule has 2 rings (SSSR count). The van der Waals surface area contributed by atoms with E-state index in [4.69, 9.17) is 4.74 Å². The van der Waals surface area contributed by atoms with Crippen molar-refractivity contribution in [1.29, 1.82) is 0 Å². The number of nitrogens with zero attached hydrogens (tertiary/aromatic N) is 2. The molecule has 0 bridgehead atoms. The zero-order valence-electron chi connectivity index (χ0n) is 10.4. The van der Waals surface area contributed by atoms with E-state index in [2.05, 4.69) is 27.3 Å². The van der Waals surface area contributed by atoms with E-state index in [0.717, 1.165) is 39.2 Å². The Balaban J connectivity index is 1.75. The van der Waals surface area contributed by atoms with Gasteiger partial charge in [0.15, 0.2) is 0 Å². The van der Waals surface area contributed by atoms with Crippen LogP contribution in [0.1, 0.15) is 5.56 Å². The van der Waals surface area contributed by atoms with Gasteiger partial charge in [-0.15, -0.1) is 0 Å². The third-order valence-electron chi connectivity index (χ3n) is 3.12. The van der Waals surface area contributed by atoms with Gasteiger partial charge in [-0.25, -0.2) is 0 Å². The van der Waals surface area contributed by atoms with Crippen molar-refractivity contribution in [3.63, 3.8) is 0 Å². The van der Waals surface area contributed by atoms with Gasteiger partial charge in [0.05, 0.1) is 12.7 Å². The topological polar surface area (TPSA) is 37.4 Å². The Bertz CT molecular complexity index is 316. The van der Waals surface area contributed by atoms with E-state index in [-0.39, 0.29) is 0 Å². The average molecular weight is 235 g/mol. The highest BCUT2D eigenvalue weighted by Gasteiger charge is 2.19. The fourth-order valence-corrected chi connectivity index (χ4v) is 2.17. The molecule has 0 radical (unpaired) electrons. The number of nitrogens with one attached hydrogen (secondary N) is 1. The van der Waals surface area contributed by atoms with Crippen molar-refractivity contribution in [1.82, 2.24) is 15.2 Å². The first-order valence-electron chi connectivity index (χ1n) is 6.26. The molecule has 1 aliphatic heterocycles. The molecule has 1 aliphatic rings. The quantitative estimate of drug-likeness (QED) is 0.808. The molecule has 4 nitrogen and oxygen atoms in total. The van der Waals surface area contributed by atoms with Crippen molar-refractivity contribution < 1.29 is 4.74 Å². The maximum absolute atomic E-state index is 5.69. The van der Waals surface area contributed by atoms with Crippen molar-refractivity contribution in [2.45, 2.75) is 12.5 Å². The summed E-state index contributed by atoms with van der Waals surface area (Å²) in [6.07, 6.45) is 5.15. The number of ether oxygens (including phenoxy) is 1. The van der Waals surface area contributed by atoms with Crippen LogP contribution in [-0.4, -0.2) is 55.8 Å². The van der Waals surface area contributed by atoms with Gasteiger partial charge in [-0.1, -0.05) is 0 Å². The fraction of sp³-hybridized carbons (Fsp3) is 0.615. The molecule has 2 heterocycles. The normalized spacial score (nSPS) is 21.6. The summed E-state index contributed by atoms with van der Waals surface area (Å²) in [6, 6.07) is 4.18. The molecule has 0 spiro atoms. The number of rotatable bonds is 5. The van der Waals surface area contributed by atoms with Crippen LogP contribution in [0, 0.1) is 0 Å². The molecule has 1 aromatic rings. The SMILES string of the molecule is CNCC1CN(CCc2ccncc2)CCO1. The number of morpholine rings is 1. The summed E-state index contributed by atoms with van der Waals surface area (Å²) in [4.78, 5) is 6.51. The highest BCUT2D eigenvalue weighted by atomic mass is 16.5. The molecule has 1 unspecified atom stereocenters. The molecular formula is C13H21N3O. The molecule has 0 aliphatic carbocycles. The highest BCUT2D eigenvalue weighted by molar-refractivity contribution is 5.09. The van der Waals surface area contributed by atoms with Crippen LogP contribution < -0.4 is 5.32 Å². The second-order valence-electron chi connectivity index (χ2n) is 4.46. The number of hydrogen-bond donors (Lipinski definition) is 1. The van der Waals surface area contributed by atoms with E-state index < -0.39 is 0 Å². The zero-order chi connectivity index (χ0) is 11.9. The Morgan fingerprint density at radius 3 is 3.06 bits per heavy atom. The molecule has 94 valence electrons. The van der Waals surface area contributed by atoms with E-state index in [1.165, 1.54) is 5.56 Å². The second-order valence-corrected chi connectivity index (χ2v) is 4.46. The lowest BCUT2D eigenvalue weighted by Gasteiger charge is -2.32. The van der Waals surface area contributed by atoms with E-state index >= 15 is 0 Å². The summed E-state index contributed by atoms with van der Waals surface area (Å²) >= 11 is 0. The number of aromatic nitrogens is 1. The van der Waals surface area contributed by atoms with Gasteiger partial charge in [-0.05, 0) is 31.2 Å². The van der Waals surface area contributed by atoms with Crippen LogP contribution >= 0.6 is 0 Å². The van der Waals surface area contributed by atoms with Crippen LogP contribution in [0.3, 0.4) is 0 Å². The van der Waals surface area contributed by atoms with Crippen molar-refractivity contribution >= 4 is 0 Å². The van der Waals surface area contributed by atoms with E-state index in [0.29, 0.717) is 6.10 Å². The predicted molar refractivity (Wildman–Crippen MR) is 68.0 cm³/mol. The molecule has 4 heteroatoms. The molecule has 1 N–H and O–H groups in total. The Labute approximate surface area is 103 Å². The summed E-state index contributed by atoms with van der Waals surface area (Å²) in [6.45, 7) is 4.97. The Kier molecular flexibility index (Phi) is 4.91. The third-order valence-corrected chi connectivity index (χ3v) is 3.12. The van der Waals surface area contributed by atoms with Gasteiger partial charge in [-0.2, -0.15) is 0 Å². The summed E-state index contributed by atoms with van der Waals surface area (Å²) in [5, 5.41) is 3.17. The fourth-order valence-electron chi connectivity index (χ4n) is 2.17. The van der Waals surface area contributed by atoms with Gasteiger partial charge in [0.25, 0.3) is 0 Å². The van der Waals surface area contributed by atoms with Gasteiger partial charge >= 0.3 is 0 Å². The zero-order valence-corrected chi connectivity index (χ0v) is 10.4. The van der Waals surface area contributed by atoms with Gasteiger partial charge in [0.1, 0.15) is 0 Å². The molecule has 0 aromatic carbocycles. The van der Waals surface area contributed by atoms with Crippen LogP contribution in [0.5, 0.6) is 0 Å². The second kappa shape index (κ2) is 6.69. The minimum atomic E-state index is 0.339. The van der Waals surface area contributed by atoms with Crippen molar-refractivity contribution in [3.05, 3.63) is 30.1 Å². The summed E-state index contributed by atoms with van der Waals surface area (Å²) in [5.74, 6) is 0. The lowest BCUT2D eigenvalue weighted by molar-refractivity contribution is -0.0258. The Morgan fingerprint density at radius 2 is 2.29 bits per heavy atom. The van der Waals surface area contributed by atoms with Crippen molar-refractivity contribution in [2.75, 3.05) is 39.8 Å².